The molecule has 0 bridgehead atoms. The molecule has 0 aliphatic carbocycles. The third-order valence-electron chi connectivity index (χ3n) is 2.19. The van der Waals surface area contributed by atoms with Crippen LogP contribution >= 0.6 is 11.8 Å². The van der Waals surface area contributed by atoms with E-state index in [9.17, 15) is 4.39 Å². The van der Waals surface area contributed by atoms with Gasteiger partial charge in [-0.15, -0.1) is 11.8 Å². The molecule has 1 aromatic rings. The molecular formula is C10H12FNOS. The van der Waals surface area contributed by atoms with Gasteiger partial charge in [-0.2, -0.15) is 0 Å². The SMILES string of the molecule is COc1ccc(C2NCCS2)cc1F. The molecule has 1 aromatic carbocycles. The fraction of sp³-hybridized carbons (Fsp3) is 0.400. The summed E-state index contributed by atoms with van der Waals surface area (Å²) in [7, 11) is 1.47. The molecule has 0 saturated carbocycles. The predicted molar refractivity (Wildman–Crippen MR) is 56.2 cm³/mol. The summed E-state index contributed by atoms with van der Waals surface area (Å²) in [6.45, 7) is 0.989. The number of benzene rings is 1. The number of ether oxygens (including phenoxy) is 1. The number of hydrogen-bond donors (Lipinski definition) is 1. The van der Waals surface area contributed by atoms with Crippen LogP contribution < -0.4 is 10.1 Å². The Morgan fingerprint density at radius 1 is 1.57 bits per heavy atom. The van der Waals surface area contributed by atoms with Gasteiger partial charge in [-0.05, 0) is 17.7 Å². The van der Waals surface area contributed by atoms with E-state index in [4.69, 9.17) is 4.74 Å². The summed E-state index contributed by atoms with van der Waals surface area (Å²) < 4.78 is 18.2. The lowest BCUT2D eigenvalue weighted by Crippen LogP contribution is -2.12. The van der Waals surface area contributed by atoms with Crippen molar-refractivity contribution in [2.75, 3.05) is 19.4 Å². The maximum absolute atomic E-state index is 13.3. The van der Waals surface area contributed by atoms with Crippen LogP contribution in [0.2, 0.25) is 0 Å². The highest BCUT2D eigenvalue weighted by molar-refractivity contribution is 7.99. The molecule has 0 spiro atoms. The monoisotopic (exact) mass is 213 g/mol. The van der Waals surface area contributed by atoms with Crippen LogP contribution in [-0.4, -0.2) is 19.4 Å². The summed E-state index contributed by atoms with van der Waals surface area (Å²) >= 11 is 1.80. The van der Waals surface area contributed by atoms with Crippen molar-refractivity contribution in [2.24, 2.45) is 0 Å². The van der Waals surface area contributed by atoms with Crippen molar-refractivity contribution in [1.29, 1.82) is 0 Å². The minimum absolute atomic E-state index is 0.232. The van der Waals surface area contributed by atoms with Crippen molar-refractivity contribution >= 4 is 11.8 Å². The first-order valence-corrected chi connectivity index (χ1v) is 5.54. The van der Waals surface area contributed by atoms with Crippen molar-refractivity contribution in [3.8, 4) is 5.75 Å². The van der Waals surface area contributed by atoms with Crippen molar-refractivity contribution in [3.63, 3.8) is 0 Å². The van der Waals surface area contributed by atoms with Crippen LogP contribution in [0.4, 0.5) is 4.39 Å². The second-order valence-electron chi connectivity index (χ2n) is 3.10. The first kappa shape index (κ1) is 9.80. The van der Waals surface area contributed by atoms with Crippen molar-refractivity contribution in [3.05, 3.63) is 29.6 Å². The lowest BCUT2D eigenvalue weighted by molar-refractivity contribution is 0.386. The molecule has 4 heteroatoms. The normalized spacial score (nSPS) is 21.1. The Morgan fingerprint density at radius 2 is 2.43 bits per heavy atom. The molecule has 2 nitrogen and oxygen atoms in total. The van der Waals surface area contributed by atoms with Gasteiger partial charge >= 0.3 is 0 Å². The summed E-state index contributed by atoms with van der Waals surface area (Å²) in [5.74, 6) is 1.09. The zero-order valence-corrected chi connectivity index (χ0v) is 8.73. The Bertz CT molecular complexity index is 326. The molecule has 1 N–H and O–H groups in total. The number of halogens is 1. The number of methoxy groups -OCH3 is 1. The van der Waals surface area contributed by atoms with Gasteiger partial charge in [-0.25, -0.2) is 4.39 Å². The molecule has 1 heterocycles. The van der Waals surface area contributed by atoms with E-state index in [2.05, 4.69) is 5.32 Å². The van der Waals surface area contributed by atoms with Gasteiger partial charge in [0.2, 0.25) is 0 Å². The number of rotatable bonds is 2. The van der Waals surface area contributed by atoms with Crippen LogP contribution in [0.3, 0.4) is 0 Å². The summed E-state index contributed by atoms with van der Waals surface area (Å²) in [6, 6.07) is 5.11. The molecule has 2 rings (SSSR count). The third-order valence-corrected chi connectivity index (χ3v) is 3.41. The molecule has 1 aliphatic rings. The highest BCUT2D eigenvalue weighted by Gasteiger charge is 2.17. The van der Waals surface area contributed by atoms with Gasteiger partial charge < -0.3 is 10.1 Å². The Labute approximate surface area is 86.8 Å². The molecule has 1 aliphatic heterocycles. The van der Waals surface area contributed by atoms with Crippen LogP contribution in [0.15, 0.2) is 18.2 Å². The fourth-order valence-electron chi connectivity index (χ4n) is 1.49. The van der Waals surface area contributed by atoms with Gasteiger partial charge in [0, 0.05) is 12.3 Å². The fourth-order valence-corrected chi connectivity index (χ4v) is 2.53. The van der Waals surface area contributed by atoms with Crippen molar-refractivity contribution in [2.45, 2.75) is 5.37 Å². The zero-order valence-electron chi connectivity index (χ0n) is 7.92. The maximum Gasteiger partial charge on any atom is 0.165 e. The van der Waals surface area contributed by atoms with Crippen LogP contribution in [-0.2, 0) is 0 Å². The van der Waals surface area contributed by atoms with Crippen LogP contribution in [0.25, 0.3) is 0 Å². The first-order chi connectivity index (χ1) is 6.81. The van der Waals surface area contributed by atoms with E-state index in [0.29, 0.717) is 5.75 Å². The lowest BCUT2D eigenvalue weighted by Gasteiger charge is -2.10. The second kappa shape index (κ2) is 4.19. The minimum Gasteiger partial charge on any atom is -0.494 e. The number of hydrogen-bond acceptors (Lipinski definition) is 3. The molecule has 0 amide bonds. The maximum atomic E-state index is 13.3. The second-order valence-corrected chi connectivity index (χ2v) is 4.31. The van der Waals surface area contributed by atoms with Gasteiger partial charge in [0.1, 0.15) is 0 Å². The van der Waals surface area contributed by atoms with Crippen LogP contribution in [0.5, 0.6) is 5.75 Å². The molecule has 1 fully saturated rings. The Balaban J connectivity index is 2.23. The molecule has 76 valence electrons. The summed E-state index contributed by atoms with van der Waals surface area (Å²) in [6.07, 6.45) is 0. The quantitative estimate of drug-likeness (QED) is 0.813. The van der Waals surface area contributed by atoms with Crippen LogP contribution in [0.1, 0.15) is 10.9 Å². The Kier molecular flexibility index (Phi) is 2.93. The van der Waals surface area contributed by atoms with E-state index in [1.807, 2.05) is 6.07 Å². The van der Waals surface area contributed by atoms with E-state index >= 15 is 0 Å². The lowest BCUT2D eigenvalue weighted by atomic mass is 10.2. The molecule has 0 radical (unpaired) electrons. The average molecular weight is 213 g/mol. The van der Waals surface area contributed by atoms with E-state index in [1.165, 1.54) is 13.2 Å². The van der Waals surface area contributed by atoms with Crippen LogP contribution in [0, 0.1) is 5.82 Å². The zero-order chi connectivity index (χ0) is 9.97. The molecule has 1 atom stereocenters. The first-order valence-electron chi connectivity index (χ1n) is 4.49. The highest BCUT2D eigenvalue weighted by atomic mass is 32.2. The number of thioether (sulfide) groups is 1. The van der Waals surface area contributed by atoms with E-state index < -0.39 is 0 Å². The van der Waals surface area contributed by atoms with Gasteiger partial charge in [0.05, 0.1) is 12.5 Å². The minimum atomic E-state index is -0.292. The third kappa shape index (κ3) is 1.86. The Hall–Kier alpha value is -0.740. The van der Waals surface area contributed by atoms with Gasteiger partial charge in [-0.3, -0.25) is 0 Å². The number of nitrogens with one attached hydrogen (secondary N) is 1. The molecular weight excluding hydrogens is 201 g/mol. The molecule has 1 unspecified atom stereocenters. The van der Waals surface area contributed by atoms with Gasteiger partial charge in [0.25, 0.3) is 0 Å². The summed E-state index contributed by atoms with van der Waals surface area (Å²) in [5.41, 5.74) is 0.978. The summed E-state index contributed by atoms with van der Waals surface area (Å²) in [4.78, 5) is 0. The average Bonchev–Trinajstić information content (AvgIpc) is 2.70. The van der Waals surface area contributed by atoms with E-state index in [0.717, 1.165) is 17.9 Å². The molecule has 0 aromatic heterocycles. The Morgan fingerprint density at radius 3 is 3.00 bits per heavy atom. The smallest absolute Gasteiger partial charge is 0.165 e. The van der Waals surface area contributed by atoms with E-state index in [-0.39, 0.29) is 11.2 Å². The summed E-state index contributed by atoms with van der Waals surface area (Å²) in [5, 5.41) is 3.52. The van der Waals surface area contributed by atoms with Gasteiger partial charge in [0.15, 0.2) is 11.6 Å². The highest BCUT2D eigenvalue weighted by Crippen LogP contribution is 2.31. The largest absolute Gasteiger partial charge is 0.494 e. The van der Waals surface area contributed by atoms with E-state index in [1.54, 1.807) is 17.8 Å². The standard InChI is InChI=1S/C10H12FNOS/c1-13-9-3-2-7(6-8(9)11)10-12-4-5-14-10/h2-3,6,10,12H,4-5H2,1H3. The van der Waals surface area contributed by atoms with Gasteiger partial charge in [-0.1, -0.05) is 6.07 Å². The molecule has 14 heavy (non-hydrogen) atoms. The van der Waals surface area contributed by atoms with Crippen molar-refractivity contribution in [1.82, 2.24) is 5.32 Å². The topological polar surface area (TPSA) is 21.3 Å². The van der Waals surface area contributed by atoms with Crippen molar-refractivity contribution < 1.29 is 9.13 Å². The molecule has 1 saturated heterocycles. The predicted octanol–water partition coefficient (Wildman–Crippen LogP) is 2.17.